The van der Waals surface area contributed by atoms with Crippen molar-refractivity contribution in [2.24, 2.45) is 0 Å². The third-order valence-electron chi connectivity index (χ3n) is 4.95. The maximum Gasteiger partial charge on any atom is 0.296 e. The Hall–Kier alpha value is -3.28. The normalized spacial score (nSPS) is 11.3. The van der Waals surface area contributed by atoms with Gasteiger partial charge in [-0.1, -0.05) is 18.2 Å². The molecule has 2 aromatic heterocycles. The number of rotatable bonds is 4. The second-order valence-electron chi connectivity index (χ2n) is 6.38. The molecule has 2 heterocycles. The average Bonchev–Trinajstić information content (AvgIpc) is 3.02. The molecule has 138 valence electrons. The van der Waals surface area contributed by atoms with Crippen LogP contribution in [-0.2, 0) is 6.54 Å². The van der Waals surface area contributed by atoms with Crippen LogP contribution >= 0.6 is 0 Å². The first-order valence-corrected chi connectivity index (χ1v) is 8.83. The summed E-state index contributed by atoms with van der Waals surface area (Å²) in [6, 6.07) is 11.5. The molecule has 0 aliphatic carbocycles. The predicted octanol–water partition coefficient (Wildman–Crippen LogP) is 3.69. The van der Waals surface area contributed by atoms with Crippen molar-refractivity contribution >= 4 is 21.8 Å². The Morgan fingerprint density at radius 2 is 1.89 bits per heavy atom. The smallest absolute Gasteiger partial charge is 0.296 e. The van der Waals surface area contributed by atoms with Crippen LogP contribution in [-0.4, -0.2) is 28.6 Å². The molecule has 0 unspecified atom stereocenters. The second-order valence-corrected chi connectivity index (χ2v) is 6.38. The molecule has 0 spiro atoms. The Bertz CT molecular complexity index is 1220. The molecule has 4 aromatic rings. The second kappa shape index (κ2) is 6.46. The van der Waals surface area contributed by atoms with E-state index in [1.807, 2.05) is 54.8 Å². The monoisotopic (exact) mass is 363 g/mol. The molecule has 2 aromatic carbocycles. The van der Waals surface area contributed by atoms with Gasteiger partial charge in [0.15, 0.2) is 0 Å². The molecule has 0 radical (unpaired) electrons. The van der Waals surface area contributed by atoms with Crippen molar-refractivity contribution in [1.29, 1.82) is 0 Å². The van der Waals surface area contributed by atoms with Crippen LogP contribution in [0.2, 0.25) is 0 Å². The molecular formula is C21H21N3O3. The molecule has 0 amide bonds. The molecule has 4 rings (SSSR count). The van der Waals surface area contributed by atoms with Crippen LogP contribution in [0.25, 0.3) is 27.5 Å². The highest BCUT2D eigenvalue weighted by Gasteiger charge is 2.20. The molecule has 0 atom stereocenters. The van der Waals surface area contributed by atoms with Gasteiger partial charge in [-0.3, -0.25) is 4.79 Å². The number of nitrogens with zero attached hydrogens (tertiary/aromatic N) is 3. The number of ether oxygens (including phenoxy) is 2. The van der Waals surface area contributed by atoms with E-state index in [1.54, 1.807) is 20.4 Å². The van der Waals surface area contributed by atoms with Gasteiger partial charge in [0.25, 0.3) is 5.56 Å². The summed E-state index contributed by atoms with van der Waals surface area (Å²) >= 11 is 0. The molecule has 0 bridgehead atoms. The van der Waals surface area contributed by atoms with E-state index in [0.29, 0.717) is 23.6 Å². The van der Waals surface area contributed by atoms with E-state index in [0.717, 1.165) is 27.5 Å². The van der Waals surface area contributed by atoms with Gasteiger partial charge < -0.3 is 14.0 Å². The molecule has 0 aliphatic heterocycles. The van der Waals surface area contributed by atoms with Gasteiger partial charge >= 0.3 is 0 Å². The van der Waals surface area contributed by atoms with Gasteiger partial charge in [0.1, 0.15) is 17.0 Å². The van der Waals surface area contributed by atoms with Crippen molar-refractivity contribution in [2.45, 2.75) is 20.4 Å². The number of fused-ring (bicyclic) bond motifs is 3. The van der Waals surface area contributed by atoms with Gasteiger partial charge in [-0.05, 0) is 25.5 Å². The first-order valence-electron chi connectivity index (χ1n) is 8.83. The minimum absolute atomic E-state index is 0.152. The SMILES string of the molecule is CCn1c2cc(OC)cc(OC)c2c2cnn(-c3ccccc3C)c(=O)c21. The van der Waals surface area contributed by atoms with Crippen molar-refractivity contribution < 1.29 is 9.47 Å². The van der Waals surface area contributed by atoms with Crippen LogP contribution in [0.1, 0.15) is 12.5 Å². The molecule has 0 N–H and O–H groups in total. The maximum absolute atomic E-state index is 13.4. The van der Waals surface area contributed by atoms with E-state index in [4.69, 9.17) is 9.47 Å². The topological polar surface area (TPSA) is 58.3 Å². The summed E-state index contributed by atoms with van der Waals surface area (Å²) in [5.41, 5.74) is 3.12. The van der Waals surface area contributed by atoms with Crippen molar-refractivity contribution in [3.05, 3.63) is 58.5 Å². The standard InChI is InChI=1S/C21H21N3O3/c1-5-23-17-10-14(26-3)11-18(27-4)19(17)15-12-22-24(21(25)20(15)23)16-9-7-6-8-13(16)2/h6-12H,5H2,1-4H3. The highest BCUT2D eigenvalue weighted by Crippen LogP contribution is 2.37. The van der Waals surface area contributed by atoms with Gasteiger partial charge in [-0.15, -0.1) is 0 Å². The fourth-order valence-corrected chi connectivity index (χ4v) is 3.65. The molecule has 27 heavy (non-hydrogen) atoms. The summed E-state index contributed by atoms with van der Waals surface area (Å²) in [6.07, 6.45) is 1.74. The van der Waals surface area contributed by atoms with Crippen LogP contribution < -0.4 is 15.0 Å². The Kier molecular flexibility index (Phi) is 4.11. The lowest BCUT2D eigenvalue weighted by Gasteiger charge is -2.09. The zero-order valence-corrected chi connectivity index (χ0v) is 15.8. The average molecular weight is 363 g/mol. The molecule has 0 saturated carbocycles. The molecular weight excluding hydrogens is 342 g/mol. The predicted molar refractivity (Wildman–Crippen MR) is 106 cm³/mol. The van der Waals surface area contributed by atoms with E-state index in [1.165, 1.54) is 4.68 Å². The summed E-state index contributed by atoms with van der Waals surface area (Å²) in [4.78, 5) is 13.4. The van der Waals surface area contributed by atoms with E-state index < -0.39 is 0 Å². The Balaban J connectivity index is 2.16. The maximum atomic E-state index is 13.4. The first kappa shape index (κ1) is 17.1. The molecule has 0 aliphatic rings. The van der Waals surface area contributed by atoms with E-state index >= 15 is 0 Å². The van der Waals surface area contributed by atoms with Crippen molar-refractivity contribution in [3.8, 4) is 17.2 Å². The summed E-state index contributed by atoms with van der Waals surface area (Å²) in [5.74, 6) is 1.35. The third-order valence-corrected chi connectivity index (χ3v) is 4.95. The number of benzene rings is 2. The van der Waals surface area contributed by atoms with Crippen LogP contribution in [0.3, 0.4) is 0 Å². The summed E-state index contributed by atoms with van der Waals surface area (Å²) in [7, 11) is 3.23. The minimum atomic E-state index is -0.152. The van der Waals surface area contributed by atoms with Crippen LogP contribution in [0.15, 0.2) is 47.4 Å². The van der Waals surface area contributed by atoms with E-state index in [2.05, 4.69) is 5.10 Å². The lowest BCUT2D eigenvalue weighted by atomic mass is 10.1. The number of hydrogen-bond donors (Lipinski definition) is 0. The van der Waals surface area contributed by atoms with Gasteiger partial charge in [-0.25, -0.2) is 0 Å². The lowest BCUT2D eigenvalue weighted by Crippen LogP contribution is -2.23. The van der Waals surface area contributed by atoms with Crippen LogP contribution in [0, 0.1) is 6.92 Å². The number of aryl methyl sites for hydroxylation is 2. The van der Waals surface area contributed by atoms with Crippen molar-refractivity contribution in [1.82, 2.24) is 14.3 Å². The fourth-order valence-electron chi connectivity index (χ4n) is 3.65. The molecule has 0 fully saturated rings. The quantitative estimate of drug-likeness (QED) is 0.555. The van der Waals surface area contributed by atoms with E-state index in [9.17, 15) is 4.79 Å². The van der Waals surface area contributed by atoms with Gasteiger partial charge in [0, 0.05) is 24.1 Å². The molecule has 0 saturated heterocycles. The Morgan fingerprint density at radius 3 is 2.56 bits per heavy atom. The summed E-state index contributed by atoms with van der Waals surface area (Å²) < 4.78 is 14.4. The number of aromatic nitrogens is 3. The lowest BCUT2D eigenvalue weighted by molar-refractivity contribution is 0.398. The van der Waals surface area contributed by atoms with E-state index in [-0.39, 0.29) is 5.56 Å². The van der Waals surface area contributed by atoms with Gasteiger partial charge in [0.2, 0.25) is 0 Å². The summed E-state index contributed by atoms with van der Waals surface area (Å²) in [5, 5.41) is 6.11. The zero-order valence-electron chi connectivity index (χ0n) is 15.8. The summed E-state index contributed by atoms with van der Waals surface area (Å²) in [6.45, 7) is 4.63. The molecule has 6 heteroatoms. The van der Waals surface area contributed by atoms with Crippen molar-refractivity contribution in [3.63, 3.8) is 0 Å². The fraction of sp³-hybridized carbons (Fsp3) is 0.238. The third kappa shape index (κ3) is 2.48. The highest BCUT2D eigenvalue weighted by molar-refractivity contribution is 6.11. The zero-order chi connectivity index (χ0) is 19.1. The number of para-hydroxylation sites is 1. The largest absolute Gasteiger partial charge is 0.497 e. The Morgan fingerprint density at radius 1 is 1.11 bits per heavy atom. The van der Waals surface area contributed by atoms with Crippen molar-refractivity contribution in [2.75, 3.05) is 14.2 Å². The van der Waals surface area contributed by atoms with Crippen LogP contribution in [0.4, 0.5) is 0 Å². The molecule has 6 nitrogen and oxygen atoms in total. The first-order chi connectivity index (χ1) is 13.1. The van der Waals surface area contributed by atoms with Gasteiger partial charge in [0.05, 0.1) is 37.0 Å². The minimum Gasteiger partial charge on any atom is -0.497 e. The Labute approximate surface area is 156 Å². The number of methoxy groups -OCH3 is 2. The highest BCUT2D eigenvalue weighted by atomic mass is 16.5. The van der Waals surface area contributed by atoms with Gasteiger partial charge in [-0.2, -0.15) is 9.78 Å². The van der Waals surface area contributed by atoms with Crippen LogP contribution in [0.5, 0.6) is 11.5 Å². The number of hydrogen-bond acceptors (Lipinski definition) is 4.